The summed E-state index contributed by atoms with van der Waals surface area (Å²) in [5.74, 6) is -0.235. The molecule has 4 aromatic heterocycles. The molecule has 19 nitrogen and oxygen atoms in total. The third-order valence-electron chi connectivity index (χ3n) is 7.26. The molecule has 4 aromatic rings. The highest BCUT2D eigenvalue weighted by Gasteiger charge is 2.53. The van der Waals surface area contributed by atoms with Crippen molar-refractivity contribution in [2.45, 2.75) is 49.2 Å². The van der Waals surface area contributed by atoms with E-state index in [9.17, 15) is 14.3 Å². The Morgan fingerprint density at radius 2 is 1.56 bits per heavy atom. The number of aromatic nitrogens is 8. The molecule has 6 N–H and O–H groups in total. The van der Waals surface area contributed by atoms with E-state index < -0.39 is 82.2 Å². The molecule has 7 heterocycles. The highest BCUT2D eigenvalue weighted by molar-refractivity contribution is 8.07. The third kappa shape index (κ3) is 5.45. The van der Waals surface area contributed by atoms with Crippen molar-refractivity contribution in [2.24, 2.45) is 0 Å². The molecule has 0 aliphatic carbocycles. The SMILES string of the molecule is [B]P1(=O)OC[C@H]2O[C@@H](n3cnc4c(=O)[nH]c(N)nc43)[C@H](F)[C@@H]2OP(O)(=S)OC[C@H]2O[C@@H](n3cnc4c(N)ncnc43)[C@H](F)[C@@H]2O1. The molecule has 25 heteroatoms. The Kier molecular flexibility index (Phi) is 7.55. The minimum atomic E-state index is -4.62. The maximum Gasteiger partial charge on any atom is 0.325 e. The molecule has 45 heavy (non-hydrogen) atoms. The van der Waals surface area contributed by atoms with Crippen molar-refractivity contribution in [3.63, 3.8) is 0 Å². The third-order valence-corrected chi connectivity index (χ3v) is 9.87. The first-order chi connectivity index (χ1) is 21.3. The number of hydrogen-bond donors (Lipinski definition) is 4. The topological polar surface area (TPSA) is 252 Å². The average molecular weight is 688 g/mol. The molecule has 0 spiro atoms. The summed E-state index contributed by atoms with van der Waals surface area (Å²) < 4.78 is 80.7. The molecule has 3 aliphatic heterocycles. The van der Waals surface area contributed by atoms with E-state index in [2.05, 4.69) is 29.9 Å². The van der Waals surface area contributed by atoms with Crippen LogP contribution in [-0.4, -0.2) is 101 Å². The number of imidazole rings is 2. The van der Waals surface area contributed by atoms with Crippen LogP contribution in [0.15, 0.2) is 23.8 Å². The second-order valence-corrected chi connectivity index (χ2v) is 14.5. The molecule has 3 aliphatic rings. The summed E-state index contributed by atoms with van der Waals surface area (Å²) in [5.41, 5.74) is 10.8. The lowest BCUT2D eigenvalue weighted by atomic mass is 10.1. The zero-order valence-corrected chi connectivity index (χ0v) is 25.0. The van der Waals surface area contributed by atoms with Gasteiger partial charge in [-0.15, -0.1) is 0 Å². The van der Waals surface area contributed by atoms with Crippen molar-refractivity contribution in [1.82, 2.24) is 39.0 Å². The van der Waals surface area contributed by atoms with E-state index in [1.54, 1.807) is 0 Å². The maximum absolute atomic E-state index is 16.0. The van der Waals surface area contributed by atoms with E-state index in [0.717, 1.165) is 17.2 Å². The van der Waals surface area contributed by atoms with Gasteiger partial charge < -0.3 is 39.4 Å². The Bertz CT molecular complexity index is 1950. The number of aromatic amines is 1. The first-order valence-corrected chi connectivity index (χ1v) is 17.1. The summed E-state index contributed by atoms with van der Waals surface area (Å²) in [6, 6.07) is 0. The van der Waals surface area contributed by atoms with E-state index in [1.165, 1.54) is 10.9 Å². The Morgan fingerprint density at radius 3 is 2.24 bits per heavy atom. The average Bonchev–Trinajstić information content (AvgIpc) is 3.72. The molecule has 0 bridgehead atoms. The number of halogens is 2. The van der Waals surface area contributed by atoms with Gasteiger partial charge in [0.15, 0.2) is 47.4 Å². The van der Waals surface area contributed by atoms with Crippen molar-refractivity contribution in [3.05, 3.63) is 29.3 Å². The quantitative estimate of drug-likeness (QED) is 0.159. The highest BCUT2D eigenvalue weighted by Crippen LogP contribution is 2.54. The summed E-state index contributed by atoms with van der Waals surface area (Å²) in [6.45, 7) is -5.72. The van der Waals surface area contributed by atoms with Gasteiger partial charge in [-0.2, -0.15) is 4.98 Å². The summed E-state index contributed by atoms with van der Waals surface area (Å²) in [4.78, 5) is 45.3. The van der Waals surface area contributed by atoms with Crippen LogP contribution in [0.2, 0.25) is 0 Å². The molecule has 3 fully saturated rings. The lowest BCUT2D eigenvalue weighted by Gasteiger charge is -2.29. The van der Waals surface area contributed by atoms with Crippen LogP contribution in [-0.2, 0) is 43.9 Å². The molecule has 2 unspecified atom stereocenters. The van der Waals surface area contributed by atoms with Gasteiger partial charge in [-0.05, 0) is 11.8 Å². The number of nitrogens with two attached hydrogens (primary N) is 2. The van der Waals surface area contributed by atoms with Gasteiger partial charge in [0.2, 0.25) is 13.5 Å². The Morgan fingerprint density at radius 1 is 0.956 bits per heavy atom. The number of H-pyrrole nitrogens is 1. The summed E-state index contributed by atoms with van der Waals surface area (Å²) >= 11 is 5.12. The Labute approximate surface area is 255 Å². The van der Waals surface area contributed by atoms with Gasteiger partial charge in [0.25, 0.3) is 13.0 Å². The predicted molar refractivity (Wildman–Crippen MR) is 151 cm³/mol. The number of nitrogens with one attached hydrogen (secondary N) is 1. The van der Waals surface area contributed by atoms with E-state index >= 15 is 8.78 Å². The zero-order valence-electron chi connectivity index (χ0n) is 22.4. The fourth-order valence-corrected chi connectivity index (χ4v) is 7.71. The molecule has 3 saturated heterocycles. The van der Waals surface area contributed by atoms with Crippen molar-refractivity contribution < 1.29 is 45.8 Å². The highest BCUT2D eigenvalue weighted by atomic mass is 32.5. The molecule has 10 atom stereocenters. The number of ether oxygens (including phenoxy) is 2. The standard InChI is InChI=1S/C20H21BF2N10O9P2S/c21-43(35)37-1-6-13(9(23)19(39-6)33-5-29-11-16(33)30-20(25)31-17(11)34)42-44(36,45)38-2-7-12(41-43)8(22)18(40-7)32-4-28-10-14(24)26-3-27-15(10)32/h3-9,12-13,18-19H,1-2H2,(H,36,45)(H2,24,26,27)(H3,25,30,31,34)/t6-,7-,8-,9-,12-,13-,18-,19-,43?,44?/m1/s1. The van der Waals surface area contributed by atoms with Crippen LogP contribution in [0.1, 0.15) is 12.5 Å². The van der Waals surface area contributed by atoms with Gasteiger partial charge in [0.1, 0.15) is 36.3 Å². The Hall–Kier alpha value is -2.98. The molecule has 2 radical (unpaired) electrons. The van der Waals surface area contributed by atoms with Crippen molar-refractivity contribution in [2.75, 3.05) is 24.7 Å². The van der Waals surface area contributed by atoms with Crippen LogP contribution < -0.4 is 17.0 Å². The van der Waals surface area contributed by atoms with Crippen LogP contribution in [0.3, 0.4) is 0 Å². The minimum absolute atomic E-state index is 0.0349. The second kappa shape index (κ2) is 11.1. The fourth-order valence-electron chi connectivity index (χ4n) is 5.27. The van der Waals surface area contributed by atoms with E-state index in [1.807, 2.05) is 0 Å². The summed E-state index contributed by atoms with van der Waals surface area (Å²) in [7, 11) is 1.20. The maximum atomic E-state index is 16.0. The minimum Gasteiger partial charge on any atom is -0.382 e. The predicted octanol–water partition coefficient (Wildman–Crippen LogP) is -0.0945. The number of rotatable bonds is 2. The normalized spacial score (nSPS) is 37.7. The summed E-state index contributed by atoms with van der Waals surface area (Å²) in [6.07, 6.45) is -9.99. The molecule has 0 saturated carbocycles. The molecular formula is C20H21BF2N10O9P2S. The lowest BCUT2D eigenvalue weighted by Crippen LogP contribution is -2.37. The fraction of sp³-hybridized carbons (Fsp3) is 0.500. The monoisotopic (exact) mass is 688 g/mol. The van der Waals surface area contributed by atoms with Gasteiger partial charge in [-0.3, -0.25) is 28.0 Å². The van der Waals surface area contributed by atoms with E-state index in [-0.39, 0.29) is 34.1 Å². The van der Waals surface area contributed by atoms with Crippen LogP contribution in [0.25, 0.3) is 22.3 Å². The van der Waals surface area contributed by atoms with Crippen molar-refractivity contribution >= 4 is 67.7 Å². The van der Waals surface area contributed by atoms with E-state index in [0.29, 0.717) is 0 Å². The van der Waals surface area contributed by atoms with Gasteiger partial charge in [-0.1, -0.05) is 0 Å². The zero-order chi connectivity index (χ0) is 31.8. The first kappa shape index (κ1) is 30.7. The number of anilines is 2. The van der Waals surface area contributed by atoms with Crippen LogP contribution in [0.4, 0.5) is 20.5 Å². The van der Waals surface area contributed by atoms with Crippen molar-refractivity contribution in [1.29, 1.82) is 0 Å². The Balaban J connectivity index is 1.17. The second-order valence-electron chi connectivity index (χ2n) is 10.1. The van der Waals surface area contributed by atoms with Gasteiger partial charge >= 0.3 is 6.72 Å². The number of hydrogen-bond acceptors (Lipinski definition) is 16. The van der Waals surface area contributed by atoms with Gasteiger partial charge in [-0.25, -0.2) is 28.7 Å². The summed E-state index contributed by atoms with van der Waals surface area (Å²) in [5, 5.41) is 0. The number of alkyl halides is 2. The van der Waals surface area contributed by atoms with Gasteiger partial charge in [0, 0.05) is 0 Å². The smallest absolute Gasteiger partial charge is 0.325 e. The molecular weight excluding hydrogens is 667 g/mol. The van der Waals surface area contributed by atoms with Crippen LogP contribution in [0.5, 0.6) is 0 Å². The van der Waals surface area contributed by atoms with Crippen LogP contribution >= 0.6 is 14.2 Å². The number of nitrogen functional groups attached to an aromatic ring is 2. The molecule has 7 rings (SSSR count). The van der Waals surface area contributed by atoms with Crippen LogP contribution in [0, 0.1) is 0 Å². The number of fused-ring (bicyclic) bond motifs is 4. The molecule has 0 amide bonds. The van der Waals surface area contributed by atoms with Gasteiger partial charge in [0.05, 0.1) is 25.9 Å². The molecule has 238 valence electrons. The van der Waals surface area contributed by atoms with E-state index in [4.69, 9.17) is 58.4 Å². The lowest BCUT2D eigenvalue weighted by molar-refractivity contribution is -0.0566. The largest absolute Gasteiger partial charge is 0.382 e. The van der Waals surface area contributed by atoms with Crippen molar-refractivity contribution in [3.8, 4) is 0 Å². The first-order valence-electron chi connectivity index (χ1n) is 12.9. The molecule has 0 aromatic carbocycles. The number of nitrogens with zero attached hydrogens (tertiary/aromatic N) is 7.